The largest absolute Gasteiger partial charge is 0.467 e. The van der Waals surface area contributed by atoms with E-state index in [9.17, 15) is 19.3 Å². The number of thioether (sulfide) groups is 1. The molecule has 0 spiro atoms. The van der Waals surface area contributed by atoms with Crippen molar-refractivity contribution in [2.45, 2.75) is 12.4 Å². The van der Waals surface area contributed by atoms with Gasteiger partial charge in [0.15, 0.2) is 12.0 Å². The fraction of sp³-hybridized carbons (Fsp3) is 0.120. The number of hydrogen-bond donors (Lipinski definition) is 0. The van der Waals surface area contributed by atoms with E-state index in [1.54, 1.807) is 6.08 Å². The number of rotatable bonds is 5. The number of hydrogen-bond acceptors (Lipinski definition) is 7. The van der Waals surface area contributed by atoms with E-state index in [2.05, 4.69) is 4.99 Å². The second-order valence-corrected chi connectivity index (χ2v) is 8.64. The first-order valence-electron chi connectivity index (χ1n) is 10.6. The van der Waals surface area contributed by atoms with E-state index >= 15 is 0 Å². The van der Waals surface area contributed by atoms with Crippen molar-refractivity contribution in [3.8, 4) is 5.75 Å². The van der Waals surface area contributed by atoms with Crippen LogP contribution in [0.1, 0.15) is 16.7 Å². The minimum absolute atomic E-state index is 0.0492. The van der Waals surface area contributed by atoms with E-state index in [0.717, 1.165) is 5.56 Å². The average molecular weight is 492 g/mol. The minimum atomic E-state index is -0.467. The summed E-state index contributed by atoms with van der Waals surface area (Å²) in [6.45, 7) is 0.257. The Balaban J connectivity index is 1.50. The number of ether oxygens (including phenoxy) is 2. The summed E-state index contributed by atoms with van der Waals surface area (Å²) in [6.07, 6.45) is 1.68. The number of fused-ring (bicyclic) bond motifs is 1. The van der Waals surface area contributed by atoms with Gasteiger partial charge in [0, 0.05) is 29.0 Å². The monoisotopic (exact) mass is 491 g/mol. The van der Waals surface area contributed by atoms with Gasteiger partial charge in [-0.15, -0.1) is 0 Å². The van der Waals surface area contributed by atoms with Crippen LogP contribution in [-0.4, -0.2) is 22.8 Å². The molecule has 2 heterocycles. The molecule has 2 aliphatic rings. The number of non-ortho nitro benzene ring substituents is 1. The quantitative estimate of drug-likeness (QED) is 0.274. The molecule has 0 aliphatic carbocycles. The number of nitrogens with zero attached hydrogens (tertiary/aromatic N) is 3. The van der Waals surface area contributed by atoms with E-state index in [-0.39, 0.29) is 36.4 Å². The van der Waals surface area contributed by atoms with E-state index < -0.39 is 10.7 Å². The summed E-state index contributed by atoms with van der Waals surface area (Å²) in [5.74, 6) is 0.0161. The van der Waals surface area contributed by atoms with Gasteiger partial charge in [0.1, 0.15) is 17.3 Å². The highest BCUT2D eigenvalue weighted by Crippen LogP contribution is 2.37. The summed E-state index contributed by atoms with van der Waals surface area (Å²) in [5.41, 5.74) is 2.62. The molecule has 8 nitrogen and oxygen atoms in total. The molecule has 0 fully saturated rings. The number of anilines is 1. The van der Waals surface area contributed by atoms with Gasteiger partial charge in [-0.05, 0) is 35.9 Å². The molecule has 3 aromatic carbocycles. The fourth-order valence-electron chi connectivity index (χ4n) is 3.75. The molecule has 0 N–H and O–H groups in total. The van der Waals surface area contributed by atoms with Crippen molar-refractivity contribution in [3.63, 3.8) is 0 Å². The van der Waals surface area contributed by atoms with Crippen molar-refractivity contribution in [1.82, 2.24) is 0 Å². The average Bonchev–Trinajstić information content (AvgIpc) is 3.18. The number of nitro groups is 1. The van der Waals surface area contributed by atoms with Crippen LogP contribution < -0.4 is 9.64 Å². The Morgan fingerprint density at radius 3 is 2.66 bits per heavy atom. The van der Waals surface area contributed by atoms with Crippen LogP contribution in [0.3, 0.4) is 0 Å². The first-order valence-corrected chi connectivity index (χ1v) is 11.6. The zero-order valence-electron chi connectivity index (χ0n) is 18.2. The van der Waals surface area contributed by atoms with Gasteiger partial charge in [-0.2, -0.15) is 0 Å². The lowest BCUT2D eigenvalue weighted by Gasteiger charge is -2.21. The number of amides is 1. The van der Waals surface area contributed by atoms with Crippen molar-refractivity contribution in [3.05, 3.63) is 105 Å². The molecule has 0 unspecified atom stereocenters. The predicted molar refractivity (Wildman–Crippen MR) is 130 cm³/mol. The molecule has 0 saturated heterocycles. The third-order valence-corrected chi connectivity index (χ3v) is 6.34. The molecule has 0 radical (unpaired) electrons. The summed E-state index contributed by atoms with van der Waals surface area (Å²) >= 11 is 1.23. The number of amidine groups is 1. The minimum Gasteiger partial charge on any atom is -0.467 e. The molecule has 35 heavy (non-hydrogen) atoms. The number of nitro benzene ring substituents is 1. The summed E-state index contributed by atoms with van der Waals surface area (Å²) < 4.78 is 24.4. The lowest BCUT2D eigenvalue weighted by atomic mass is 10.1. The maximum Gasteiger partial charge on any atom is 0.283 e. The van der Waals surface area contributed by atoms with E-state index in [4.69, 9.17) is 9.47 Å². The number of benzene rings is 3. The van der Waals surface area contributed by atoms with Gasteiger partial charge in [-0.1, -0.05) is 42.1 Å². The maximum atomic E-state index is 13.5. The Hall–Kier alpha value is -4.02. The van der Waals surface area contributed by atoms with E-state index in [0.29, 0.717) is 27.7 Å². The van der Waals surface area contributed by atoms with Crippen LogP contribution in [-0.2, 0) is 21.9 Å². The molecule has 2 aliphatic heterocycles. The smallest absolute Gasteiger partial charge is 0.283 e. The van der Waals surface area contributed by atoms with Crippen LogP contribution in [0.25, 0.3) is 6.08 Å². The van der Waals surface area contributed by atoms with Crippen molar-refractivity contribution < 1.29 is 23.6 Å². The van der Waals surface area contributed by atoms with Crippen LogP contribution in [0.15, 0.2) is 77.4 Å². The highest BCUT2D eigenvalue weighted by Gasteiger charge is 2.32. The Kier molecular flexibility index (Phi) is 6.30. The van der Waals surface area contributed by atoms with E-state index in [1.165, 1.54) is 53.1 Å². The lowest BCUT2D eigenvalue weighted by molar-refractivity contribution is -0.385. The third-order valence-electron chi connectivity index (χ3n) is 5.36. The zero-order chi connectivity index (χ0) is 24.4. The molecular formula is C25H18FN3O5S. The summed E-state index contributed by atoms with van der Waals surface area (Å²) in [4.78, 5) is 30.2. The van der Waals surface area contributed by atoms with Crippen molar-refractivity contribution in [2.75, 3.05) is 11.7 Å². The maximum absolute atomic E-state index is 13.5. The molecule has 10 heteroatoms. The van der Waals surface area contributed by atoms with Gasteiger partial charge in [0.2, 0.25) is 0 Å². The van der Waals surface area contributed by atoms with E-state index in [1.807, 2.05) is 30.3 Å². The zero-order valence-corrected chi connectivity index (χ0v) is 19.0. The fourth-order valence-corrected chi connectivity index (χ4v) is 4.73. The van der Waals surface area contributed by atoms with Crippen molar-refractivity contribution in [1.29, 1.82) is 0 Å². The summed E-state index contributed by atoms with van der Waals surface area (Å²) in [6, 6.07) is 17.8. The first-order chi connectivity index (χ1) is 17.0. The number of halogens is 1. The molecule has 5 rings (SSSR count). The van der Waals surface area contributed by atoms with Crippen LogP contribution in [0, 0.1) is 15.9 Å². The second kappa shape index (κ2) is 9.69. The van der Waals surface area contributed by atoms with Gasteiger partial charge in [0.05, 0.1) is 17.2 Å². The summed E-state index contributed by atoms with van der Waals surface area (Å²) in [7, 11) is 0. The Labute approximate surface area is 203 Å². The lowest BCUT2D eigenvalue weighted by Crippen LogP contribution is -2.30. The normalized spacial score (nSPS) is 16.1. The van der Waals surface area contributed by atoms with Crippen LogP contribution in [0.2, 0.25) is 0 Å². The van der Waals surface area contributed by atoms with Gasteiger partial charge in [-0.25, -0.2) is 9.38 Å². The molecule has 0 aromatic heterocycles. The van der Waals surface area contributed by atoms with Crippen LogP contribution in [0.4, 0.5) is 15.8 Å². The van der Waals surface area contributed by atoms with Gasteiger partial charge < -0.3 is 9.47 Å². The van der Waals surface area contributed by atoms with Gasteiger partial charge in [-0.3, -0.25) is 19.8 Å². The highest BCUT2D eigenvalue weighted by atomic mass is 32.2. The Bertz CT molecular complexity index is 1360. The van der Waals surface area contributed by atoms with Crippen LogP contribution >= 0.6 is 11.8 Å². The molecule has 0 bridgehead atoms. The third kappa shape index (κ3) is 4.79. The van der Waals surface area contributed by atoms with Crippen molar-refractivity contribution in [2.24, 2.45) is 4.99 Å². The highest BCUT2D eigenvalue weighted by molar-refractivity contribution is 8.13. The first kappa shape index (κ1) is 22.8. The molecule has 3 aromatic rings. The summed E-state index contributed by atoms with van der Waals surface area (Å²) in [5, 5.41) is 11.8. The second-order valence-electron chi connectivity index (χ2n) is 7.70. The predicted octanol–water partition coefficient (Wildman–Crippen LogP) is 5.28. The molecule has 176 valence electrons. The topological polar surface area (TPSA) is 94.3 Å². The standard InChI is InChI=1S/C25H18FN3O5S/c26-19-6-8-20(9-7-19)28-24(30)22(10-16-4-2-1-3-5-16)27-25(28)35-14-18-12-21(29(31)32)11-17-13-33-15-34-23(17)18/h1-12H,13-15H2/b22-10+. The number of carbonyl (C=O) groups excluding carboxylic acids is 1. The molecule has 0 saturated carbocycles. The molecule has 1 amide bonds. The van der Waals surface area contributed by atoms with Crippen LogP contribution in [0.5, 0.6) is 5.75 Å². The Morgan fingerprint density at radius 1 is 1.14 bits per heavy atom. The number of aliphatic imine (C=N–C) groups is 1. The molecular weight excluding hydrogens is 473 g/mol. The van der Waals surface area contributed by atoms with Crippen molar-refractivity contribution >= 4 is 40.3 Å². The Morgan fingerprint density at radius 2 is 1.91 bits per heavy atom. The van der Waals surface area contributed by atoms with Gasteiger partial charge >= 0.3 is 0 Å². The molecule has 0 atom stereocenters. The van der Waals surface area contributed by atoms with Gasteiger partial charge in [0.25, 0.3) is 11.6 Å². The SMILES string of the molecule is O=C1/C(=C\c2ccccc2)N=C(SCc2cc([N+](=O)[O-])cc3c2OCOC3)N1c1ccc(F)cc1. The number of carbonyl (C=O) groups is 1.